The van der Waals surface area contributed by atoms with E-state index < -0.39 is 16.1 Å². The van der Waals surface area contributed by atoms with Gasteiger partial charge in [-0.05, 0) is 43.5 Å². The van der Waals surface area contributed by atoms with E-state index in [4.69, 9.17) is 5.11 Å². The summed E-state index contributed by atoms with van der Waals surface area (Å²) in [6.45, 7) is 5.10. The van der Waals surface area contributed by atoms with Crippen LogP contribution in [0.4, 0.5) is 0 Å². The predicted octanol–water partition coefficient (Wildman–Crippen LogP) is 2.13. The summed E-state index contributed by atoms with van der Waals surface area (Å²) in [4.78, 5) is 9.67. The quantitative estimate of drug-likeness (QED) is 0.220. The summed E-state index contributed by atoms with van der Waals surface area (Å²) in [5, 5.41) is 10.8. The number of unbranched alkanes of at least 4 members (excludes halogenated alkanes) is 9. The number of carboxylic acids is 1. The maximum Gasteiger partial charge on any atom is 1.00 e. The summed E-state index contributed by atoms with van der Waals surface area (Å²) in [5.74, 6) is -0.793. The Bertz CT molecular complexity index is 650. The number of carboxylic acid groups (broad SMARTS) is 1. The summed E-state index contributed by atoms with van der Waals surface area (Å²) in [6.07, 6.45) is 15.0. The molecule has 31 heavy (non-hydrogen) atoms. The summed E-state index contributed by atoms with van der Waals surface area (Å²) in [7, 11) is -4.31. The van der Waals surface area contributed by atoms with Crippen molar-refractivity contribution in [3.8, 4) is 0 Å². The van der Waals surface area contributed by atoms with Crippen LogP contribution >= 0.6 is 0 Å². The van der Waals surface area contributed by atoms with Crippen LogP contribution in [0.2, 0.25) is 0 Å². The van der Waals surface area contributed by atoms with E-state index in [1.807, 2.05) is 6.92 Å². The molecule has 0 radical (unpaired) electrons. The molecule has 0 fully saturated rings. The topological polar surface area (TPSA) is 107 Å². The molecule has 0 bridgehead atoms. The molecule has 1 rings (SSSR count). The van der Waals surface area contributed by atoms with Gasteiger partial charge in [-0.1, -0.05) is 83.8 Å². The van der Waals surface area contributed by atoms with Crippen molar-refractivity contribution in [3.63, 3.8) is 0 Å². The second kappa shape index (κ2) is 21.4. The fourth-order valence-corrected chi connectivity index (χ4v) is 3.48. The molecule has 1 aromatic rings. The Balaban J connectivity index is 0. The number of carbonyl (C=O) groups is 1. The van der Waals surface area contributed by atoms with Gasteiger partial charge in [-0.15, -0.1) is 0 Å². The first kappa shape index (κ1) is 32.7. The van der Waals surface area contributed by atoms with Crippen molar-refractivity contribution in [2.75, 3.05) is 13.1 Å². The van der Waals surface area contributed by atoms with Crippen molar-refractivity contribution in [2.24, 2.45) is 0 Å². The van der Waals surface area contributed by atoms with E-state index in [-0.39, 0.29) is 41.0 Å². The molecule has 174 valence electrons. The Morgan fingerprint density at radius 3 is 1.77 bits per heavy atom. The van der Waals surface area contributed by atoms with E-state index in [9.17, 15) is 17.8 Å². The van der Waals surface area contributed by atoms with Gasteiger partial charge >= 0.3 is 35.5 Å². The number of benzene rings is 1. The van der Waals surface area contributed by atoms with Crippen LogP contribution in [0.15, 0.2) is 29.2 Å². The zero-order chi connectivity index (χ0) is 22.7. The summed E-state index contributed by atoms with van der Waals surface area (Å²) in [6, 6.07) is 6.32. The van der Waals surface area contributed by atoms with Crippen LogP contribution in [0.3, 0.4) is 0 Å². The normalized spacial score (nSPS) is 10.7. The van der Waals surface area contributed by atoms with Gasteiger partial charge in [0.1, 0.15) is 10.1 Å². The molecule has 0 saturated heterocycles. The number of nitrogens with one attached hydrogen (secondary N) is 1. The maximum absolute atomic E-state index is 10.8. The molecule has 0 spiro atoms. The Labute approximate surface area is 211 Å². The van der Waals surface area contributed by atoms with Gasteiger partial charge in [0.2, 0.25) is 0 Å². The van der Waals surface area contributed by atoms with Gasteiger partial charge in [-0.3, -0.25) is 4.79 Å². The van der Waals surface area contributed by atoms with Crippen LogP contribution in [-0.4, -0.2) is 37.1 Å². The van der Waals surface area contributed by atoms with Crippen LogP contribution in [0.5, 0.6) is 0 Å². The first-order chi connectivity index (χ1) is 14.3. The molecule has 0 aliphatic rings. The van der Waals surface area contributed by atoms with Gasteiger partial charge in [0.05, 0.1) is 11.4 Å². The Hall–Kier alpha value is -0.440. The largest absolute Gasteiger partial charge is 1.00 e. The molecular formula is C23H40NNaO5S. The minimum atomic E-state index is -4.31. The van der Waals surface area contributed by atoms with E-state index in [1.165, 1.54) is 69.9 Å². The fraction of sp³-hybridized carbons (Fsp3) is 0.696. The molecule has 0 aliphatic carbocycles. The Morgan fingerprint density at radius 1 is 0.871 bits per heavy atom. The molecular weight excluding hydrogens is 425 g/mol. The monoisotopic (exact) mass is 465 g/mol. The molecule has 0 atom stereocenters. The van der Waals surface area contributed by atoms with Crippen LogP contribution in [0.25, 0.3) is 0 Å². The minimum absolute atomic E-state index is 0. The average molecular weight is 466 g/mol. The fourth-order valence-electron chi connectivity index (χ4n) is 3.01. The maximum atomic E-state index is 10.8. The molecule has 0 aromatic heterocycles. The molecule has 8 heteroatoms. The van der Waals surface area contributed by atoms with E-state index in [0.29, 0.717) is 0 Å². The van der Waals surface area contributed by atoms with Gasteiger partial charge in [-0.25, -0.2) is 8.42 Å². The third-order valence-corrected chi connectivity index (χ3v) is 5.58. The third kappa shape index (κ3) is 21.2. The first-order valence-corrected chi connectivity index (χ1v) is 12.7. The van der Waals surface area contributed by atoms with Crippen LogP contribution in [-0.2, 0) is 21.3 Å². The zero-order valence-corrected chi connectivity index (χ0v) is 22.5. The van der Waals surface area contributed by atoms with Crippen LogP contribution in [0.1, 0.15) is 90.0 Å². The van der Waals surface area contributed by atoms with Crippen molar-refractivity contribution >= 4 is 16.1 Å². The average Bonchev–Trinajstić information content (AvgIpc) is 2.69. The van der Waals surface area contributed by atoms with E-state index in [0.717, 1.165) is 31.4 Å². The van der Waals surface area contributed by atoms with E-state index >= 15 is 0 Å². The van der Waals surface area contributed by atoms with Crippen molar-refractivity contribution in [1.29, 1.82) is 0 Å². The standard InChI is InChI=1S/C18H30O3S.C5H11NO2.Na/c1-2-3-4-5-6-7-8-9-10-11-12-17-13-15-18(16-14-17)22(19,20)21;1-2-3-6-4-5(7)8;/h13-16H,2-12H2,1H3,(H,19,20,21);6H,2-4H2,1H3,(H,7,8);/q;;+1/p-1. The molecule has 0 aliphatic heterocycles. The molecule has 0 unspecified atom stereocenters. The number of aliphatic carboxylic acids is 1. The Morgan fingerprint density at radius 2 is 1.35 bits per heavy atom. The summed E-state index contributed by atoms with van der Waals surface area (Å²) >= 11 is 0. The first-order valence-electron chi connectivity index (χ1n) is 11.3. The van der Waals surface area contributed by atoms with Gasteiger partial charge in [0.25, 0.3) is 0 Å². The second-order valence-electron chi connectivity index (χ2n) is 7.60. The molecule has 1 aromatic carbocycles. The SMILES string of the molecule is CCCCCCCCCCCCc1ccc(S(=O)(=O)[O-])cc1.CCCNCC(=O)O.[Na+]. The van der Waals surface area contributed by atoms with Crippen molar-refractivity contribution < 1.29 is 52.4 Å². The number of hydrogen-bond donors (Lipinski definition) is 2. The zero-order valence-electron chi connectivity index (χ0n) is 19.7. The van der Waals surface area contributed by atoms with Crippen molar-refractivity contribution in [1.82, 2.24) is 5.32 Å². The van der Waals surface area contributed by atoms with Crippen LogP contribution < -0.4 is 34.9 Å². The van der Waals surface area contributed by atoms with E-state index in [1.54, 1.807) is 12.1 Å². The second-order valence-corrected chi connectivity index (χ2v) is 8.98. The smallest absolute Gasteiger partial charge is 0.744 e. The predicted molar refractivity (Wildman–Crippen MR) is 121 cm³/mol. The summed E-state index contributed by atoms with van der Waals surface area (Å²) < 4.78 is 32.5. The third-order valence-electron chi connectivity index (χ3n) is 4.73. The van der Waals surface area contributed by atoms with Gasteiger partial charge < -0.3 is 15.0 Å². The number of rotatable bonds is 16. The van der Waals surface area contributed by atoms with Crippen LogP contribution in [0, 0.1) is 0 Å². The van der Waals surface area contributed by atoms with Gasteiger partial charge in [0.15, 0.2) is 0 Å². The van der Waals surface area contributed by atoms with Crippen molar-refractivity contribution in [2.45, 2.75) is 95.8 Å². The molecule has 0 heterocycles. The van der Waals surface area contributed by atoms with E-state index in [2.05, 4.69) is 12.2 Å². The minimum Gasteiger partial charge on any atom is -0.744 e. The molecule has 0 amide bonds. The molecule has 0 saturated carbocycles. The molecule has 2 N–H and O–H groups in total. The van der Waals surface area contributed by atoms with Gasteiger partial charge in [0, 0.05) is 0 Å². The summed E-state index contributed by atoms with van der Waals surface area (Å²) in [5.41, 5.74) is 1.10. The molecule has 6 nitrogen and oxygen atoms in total. The Kier molecular flexibility index (Phi) is 22.6. The number of aryl methyl sites for hydroxylation is 1. The number of hydrogen-bond acceptors (Lipinski definition) is 5. The van der Waals surface area contributed by atoms with Crippen molar-refractivity contribution in [3.05, 3.63) is 29.8 Å². The van der Waals surface area contributed by atoms with Gasteiger partial charge in [-0.2, -0.15) is 0 Å².